The Balaban J connectivity index is 1.29. The van der Waals surface area contributed by atoms with E-state index in [1.165, 1.54) is 28.2 Å². The van der Waals surface area contributed by atoms with E-state index in [4.69, 9.17) is 0 Å². The lowest BCUT2D eigenvalue weighted by atomic mass is 10.00. The van der Waals surface area contributed by atoms with Crippen molar-refractivity contribution in [1.82, 2.24) is 4.90 Å². The van der Waals surface area contributed by atoms with Gasteiger partial charge in [0.05, 0.1) is 26.2 Å². The lowest BCUT2D eigenvalue weighted by Gasteiger charge is -2.35. The largest absolute Gasteiger partial charge is 0.360 e. The van der Waals surface area contributed by atoms with Crippen LogP contribution in [0.2, 0.25) is 0 Å². The second-order valence-corrected chi connectivity index (χ2v) is 7.22. The molecule has 0 unspecified atom stereocenters. The first-order chi connectivity index (χ1) is 12.7. The van der Waals surface area contributed by atoms with Crippen molar-refractivity contribution >= 4 is 11.6 Å². The lowest BCUT2D eigenvalue weighted by Crippen LogP contribution is -3.15. The molecule has 1 amide bonds. The van der Waals surface area contributed by atoms with Crippen molar-refractivity contribution in [1.29, 1.82) is 0 Å². The molecular formula is C21H25FN3O+. The van der Waals surface area contributed by atoms with Gasteiger partial charge in [-0.3, -0.25) is 4.79 Å². The van der Waals surface area contributed by atoms with Crippen LogP contribution in [0.1, 0.15) is 11.1 Å². The monoisotopic (exact) mass is 354 g/mol. The van der Waals surface area contributed by atoms with Crippen LogP contribution in [0.15, 0.2) is 48.5 Å². The van der Waals surface area contributed by atoms with Crippen molar-refractivity contribution in [2.45, 2.75) is 13.0 Å². The second kappa shape index (κ2) is 7.46. The molecule has 0 saturated carbocycles. The fourth-order valence-electron chi connectivity index (χ4n) is 3.94. The van der Waals surface area contributed by atoms with E-state index in [0.717, 1.165) is 51.4 Å². The van der Waals surface area contributed by atoms with Gasteiger partial charge in [-0.1, -0.05) is 24.3 Å². The van der Waals surface area contributed by atoms with Gasteiger partial charge in [-0.25, -0.2) is 4.39 Å². The van der Waals surface area contributed by atoms with E-state index < -0.39 is 0 Å². The van der Waals surface area contributed by atoms with E-state index in [1.807, 2.05) is 23.1 Å². The van der Waals surface area contributed by atoms with Crippen molar-refractivity contribution < 1.29 is 14.1 Å². The molecule has 0 atom stereocenters. The summed E-state index contributed by atoms with van der Waals surface area (Å²) in [6.07, 6.45) is 0.954. The highest BCUT2D eigenvalue weighted by atomic mass is 19.1. The minimum Gasteiger partial charge on any atom is -0.360 e. The summed E-state index contributed by atoms with van der Waals surface area (Å²) in [5.74, 6) is 0.0523. The molecule has 2 aromatic carbocycles. The molecule has 2 aromatic rings. The number of anilines is 1. The zero-order chi connectivity index (χ0) is 17.9. The first kappa shape index (κ1) is 17.0. The van der Waals surface area contributed by atoms with Gasteiger partial charge in [0.1, 0.15) is 5.82 Å². The summed E-state index contributed by atoms with van der Waals surface area (Å²) in [6.45, 7) is 5.81. The van der Waals surface area contributed by atoms with Gasteiger partial charge in [0.2, 0.25) is 0 Å². The predicted octanol–water partition coefficient (Wildman–Crippen LogP) is 1.12. The SMILES string of the molecule is O=C(C[NH+]1CCN(c2ccc(F)cc2)CC1)N1CCc2ccccc2C1. The van der Waals surface area contributed by atoms with Crippen LogP contribution in [0.4, 0.5) is 10.1 Å². The molecule has 0 aromatic heterocycles. The summed E-state index contributed by atoms with van der Waals surface area (Å²) >= 11 is 0. The van der Waals surface area contributed by atoms with E-state index in [-0.39, 0.29) is 11.7 Å². The topological polar surface area (TPSA) is 28.0 Å². The zero-order valence-electron chi connectivity index (χ0n) is 15.0. The molecule has 2 aliphatic heterocycles. The molecule has 26 heavy (non-hydrogen) atoms. The maximum Gasteiger partial charge on any atom is 0.278 e. The number of halogens is 1. The van der Waals surface area contributed by atoms with Crippen LogP contribution in [0.3, 0.4) is 0 Å². The van der Waals surface area contributed by atoms with Gasteiger partial charge < -0.3 is 14.7 Å². The highest BCUT2D eigenvalue weighted by Gasteiger charge is 2.26. The van der Waals surface area contributed by atoms with Crippen molar-refractivity contribution in [2.24, 2.45) is 0 Å². The zero-order valence-corrected chi connectivity index (χ0v) is 15.0. The lowest BCUT2D eigenvalue weighted by molar-refractivity contribution is -0.892. The number of piperazine rings is 1. The van der Waals surface area contributed by atoms with Gasteiger partial charge in [0.25, 0.3) is 5.91 Å². The summed E-state index contributed by atoms with van der Waals surface area (Å²) in [7, 11) is 0. The number of hydrogen-bond acceptors (Lipinski definition) is 2. The Labute approximate surface area is 153 Å². The first-order valence-corrected chi connectivity index (χ1v) is 9.38. The third-order valence-corrected chi connectivity index (χ3v) is 5.55. The summed E-state index contributed by atoms with van der Waals surface area (Å²) in [5, 5.41) is 0. The molecule has 0 radical (unpaired) electrons. The van der Waals surface area contributed by atoms with E-state index in [2.05, 4.69) is 23.1 Å². The number of quaternary nitrogens is 1. The predicted molar refractivity (Wildman–Crippen MR) is 99.7 cm³/mol. The molecule has 4 nitrogen and oxygen atoms in total. The van der Waals surface area contributed by atoms with Crippen LogP contribution in [0.5, 0.6) is 0 Å². The molecule has 1 saturated heterocycles. The standard InChI is InChI=1S/C21H24FN3O/c22-19-5-7-20(8-6-19)24-13-11-23(12-14-24)16-21(26)25-10-9-17-3-1-2-4-18(17)15-25/h1-8H,9-16H2/p+1. The summed E-state index contributed by atoms with van der Waals surface area (Å²) < 4.78 is 13.1. The number of carbonyl (C=O) groups excluding carboxylic acids is 1. The number of fused-ring (bicyclic) bond motifs is 1. The molecule has 0 bridgehead atoms. The summed E-state index contributed by atoms with van der Waals surface area (Å²) in [6, 6.07) is 15.1. The fraction of sp³-hybridized carbons (Fsp3) is 0.381. The Morgan fingerprint density at radius 2 is 1.65 bits per heavy atom. The Morgan fingerprint density at radius 1 is 0.962 bits per heavy atom. The average Bonchev–Trinajstić information content (AvgIpc) is 2.69. The third kappa shape index (κ3) is 3.73. The number of benzene rings is 2. The number of rotatable bonds is 3. The highest BCUT2D eigenvalue weighted by Crippen LogP contribution is 2.18. The number of nitrogens with one attached hydrogen (secondary N) is 1. The highest BCUT2D eigenvalue weighted by molar-refractivity contribution is 5.77. The molecule has 4 rings (SSSR count). The van der Waals surface area contributed by atoms with Gasteiger partial charge in [-0.15, -0.1) is 0 Å². The second-order valence-electron chi connectivity index (χ2n) is 7.22. The number of nitrogens with zero attached hydrogens (tertiary/aromatic N) is 2. The van der Waals surface area contributed by atoms with E-state index in [9.17, 15) is 9.18 Å². The van der Waals surface area contributed by atoms with Crippen LogP contribution in [-0.4, -0.2) is 50.1 Å². The van der Waals surface area contributed by atoms with Crippen LogP contribution in [0, 0.1) is 5.82 Å². The quantitative estimate of drug-likeness (QED) is 0.895. The minimum atomic E-state index is -0.202. The molecule has 1 fully saturated rings. The Bertz CT molecular complexity index is 769. The molecule has 2 aliphatic rings. The van der Waals surface area contributed by atoms with E-state index in [1.54, 1.807) is 0 Å². The average molecular weight is 354 g/mol. The van der Waals surface area contributed by atoms with Crippen LogP contribution < -0.4 is 9.80 Å². The molecule has 0 spiro atoms. The van der Waals surface area contributed by atoms with Gasteiger partial charge >= 0.3 is 0 Å². The maximum atomic E-state index is 13.1. The third-order valence-electron chi connectivity index (χ3n) is 5.55. The van der Waals surface area contributed by atoms with Gasteiger partial charge in [0.15, 0.2) is 6.54 Å². The van der Waals surface area contributed by atoms with Crippen molar-refractivity contribution in [3.8, 4) is 0 Å². The Kier molecular flexibility index (Phi) is 4.89. The number of carbonyl (C=O) groups is 1. The van der Waals surface area contributed by atoms with Gasteiger partial charge in [-0.2, -0.15) is 0 Å². The van der Waals surface area contributed by atoms with E-state index >= 15 is 0 Å². The van der Waals surface area contributed by atoms with Crippen LogP contribution in [-0.2, 0) is 17.8 Å². The molecule has 0 aliphatic carbocycles. The van der Waals surface area contributed by atoms with Crippen molar-refractivity contribution in [3.05, 3.63) is 65.5 Å². The summed E-state index contributed by atoms with van der Waals surface area (Å²) in [5.41, 5.74) is 3.71. The Hall–Kier alpha value is -2.40. The van der Waals surface area contributed by atoms with Crippen molar-refractivity contribution in [3.63, 3.8) is 0 Å². The normalized spacial score (nSPS) is 17.9. The summed E-state index contributed by atoms with van der Waals surface area (Å²) in [4.78, 5) is 18.3. The number of hydrogen-bond donors (Lipinski definition) is 1. The van der Waals surface area contributed by atoms with Crippen LogP contribution in [0.25, 0.3) is 0 Å². The Morgan fingerprint density at radius 3 is 2.38 bits per heavy atom. The smallest absolute Gasteiger partial charge is 0.278 e. The fourth-order valence-corrected chi connectivity index (χ4v) is 3.94. The minimum absolute atomic E-state index is 0.202. The molecule has 1 N–H and O–H groups in total. The van der Waals surface area contributed by atoms with Gasteiger partial charge in [-0.05, 0) is 41.8 Å². The van der Waals surface area contributed by atoms with Gasteiger partial charge in [0, 0.05) is 18.8 Å². The molecule has 2 heterocycles. The number of amides is 1. The molecular weight excluding hydrogens is 329 g/mol. The van der Waals surface area contributed by atoms with Crippen molar-refractivity contribution in [2.75, 3.05) is 44.2 Å². The first-order valence-electron chi connectivity index (χ1n) is 9.38. The van der Waals surface area contributed by atoms with E-state index in [0.29, 0.717) is 6.54 Å². The molecule has 5 heteroatoms. The van der Waals surface area contributed by atoms with Crippen LogP contribution >= 0.6 is 0 Å². The molecule has 136 valence electrons. The maximum absolute atomic E-state index is 13.1.